The lowest BCUT2D eigenvalue weighted by atomic mass is 9.95. The van der Waals surface area contributed by atoms with Gasteiger partial charge in [0.2, 0.25) is 5.91 Å². The third kappa shape index (κ3) is 3.99. The van der Waals surface area contributed by atoms with Gasteiger partial charge in [-0.05, 0) is 62.4 Å². The summed E-state index contributed by atoms with van der Waals surface area (Å²) in [5.41, 5.74) is 5.92. The van der Waals surface area contributed by atoms with Gasteiger partial charge in [-0.3, -0.25) is 4.79 Å². The number of hydrogen-bond donors (Lipinski definition) is 2. The number of halogens is 1. The van der Waals surface area contributed by atoms with Gasteiger partial charge in [-0.2, -0.15) is 0 Å². The quantitative estimate of drug-likeness (QED) is 0.836. The van der Waals surface area contributed by atoms with E-state index in [-0.39, 0.29) is 23.6 Å². The third-order valence-electron chi connectivity index (χ3n) is 4.69. The molecule has 4 nitrogen and oxygen atoms in total. The first-order valence-corrected chi connectivity index (χ1v) is 8.50. The van der Waals surface area contributed by atoms with Gasteiger partial charge in [0.25, 0.3) is 0 Å². The van der Waals surface area contributed by atoms with Crippen LogP contribution in [0.5, 0.6) is 11.5 Å². The van der Waals surface area contributed by atoms with Gasteiger partial charge >= 0.3 is 0 Å². The van der Waals surface area contributed by atoms with Crippen LogP contribution in [-0.4, -0.2) is 11.4 Å². The SMILES string of the molecule is C[C@H](NC(=O)[C@](C)(N)C1CC1)c1ccc(Oc2ccccc2)c(F)c1. The minimum Gasteiger partial charge on any atom is -0.454 e. The van der Waals surface area contributed by atoms with Crippen LogP contribution < -0.4 is 15.8 Å². The number of carbonyl (C=O) groups excluding carboxylic acids is 1. The molecule has 0 bridgehead atoms. The highest BCUT2D eigenvalue weighted by Crippen LogP contribution is 2.38. The fourth-order valence-corrected chi connectivity index (χ4v) is 2.79. The van der Waals surface area contributed by atoms with Crippen molar-refractivity contribution in [3.05, 3.63) is 59.9 Å². The maximum Gasteiger partial charge on any atom is 0.240 e. The average molecular weight is 342 g/mol. The maximum absolute atomic E-state index is 14.3. The Kier molecular flexibility index (Phi) is 4.77. The number of carbonyl (C=O) groups is 1. The standard InChI is InChI=1S/C20H23FN2O2/c1-13(23-19(24)20(2,22)15-9-10-15)14-8-11-18(17(21)12-14)25-16-6-4-3-5-7-16/h3-8,11-13,15H,9-10,22H2,1-2H3,(H,23,24)/t13-,20+/m0/s1. The normalized spacial score (nSPS) is 17.4. The molecule has 132 valence electrons. The Hall–Kier alpha value is -2.40. The van der Waals surface area contributed by atoms with E-state index in [1.807, 2.05) is 25.1 Å². The van der Waals surface area contributed by atoms with Crippen molar-refractivity contribution < 1.29 is 13.9 Å². The summed E-state index contributed by atoms with van der Waals surface area (Å²) in [7, 11) is 0. The van der Waals surface area contributed by atoms with Crippen molar-refractivity contribution >= 4 is 5.91 Å². The summed E-state index contributed by atoms with van der Waals surface area (Å²) in [6, 6.07) is 13.4. The summed E-state index contributed by atoms with van der Waals surface area (Å²) < 4.78 is 19.9. The molecule has 1 aliphatic rings. The first-order valence-electron chi connectivity index (χ1n) is 8.50. The zero-order valence-corrected chi connectivity index (χ0v) is 14.5. The fraction of sp³-hybridized carbons (Fsp3) is 0.350. The molecule has 3 N–H and O–H groups in total. The van der Waals surface area contributed by atoms with Gasteiger partial charge in [0.05, 0.1) is 11.6 Å². The van der Waals surface area contributed by atoms with Crippen LogP contribution in [0.15, 0.2) is 48.5 Å². The van der Waals surface area contributed by atoms with E-state index in [9.17, 15) is 9.18 Å². The van der Waals surface area contributed by atoms with Crippen LogP contribution in [0, 0.1) is 11.7 Å². The molecule has 0 radical (unpaired) electrons. The maximum atomic E-state index is 14.3. The van der Waals surface area contributed by atoms with Gasteiger partial charge in [-0.1, -0.05) is 24.3 Å². The van der Waals surface area contributed by atoms with E-state index in [4.69, 9.17) is 10.5 Å². The highest BCUT2D eigenvalue weighted by atomic mass is 19.1. The van der Waals surface area contributed by atoms with E-state index in [1.165, 1.54) is 6.07 Å². The molecule has 1 aliphatic carbocycles. The summed E-state index contributed by atoms with van der Waals surface area (Å²) in [6.45, 7) is 3.57. The molecular weight excluding hydrogens is 319 g/mol. The Balaban J connectivity index is 1.68. The molecule has 0 heterocycles. The topological polar surface area (TPSA) is 64.4 Å². The van der Waals surface area contributed by atoms with Crippen LogP contribution in [0.1, 0.15) is 38.3 Å². The first kappa shape index (κ1) is 17.4. The largest absolute Gasteiger partial charge is 0.454 e. The molecule has 0 saturated heterocycles. The molecule has 0 aromatic heterocycles. The molecular formula is C20H23FN2O2. The lowest BCUT2D eigenvalue weighted by molar-refractivity contribution is -0.127. The summed E-state index contributed by atoms with van der Waals surface area (Å²) in [5.74, 6) is 0.278. The molecule has 0 unspecified atom stereocenters. The predicted octanol–water partition coefficient (Wildman–Crippen LogP) is 3.92. The van der Waals surface area contributed by atoms with Crippen LogP contribution in [0.3, 0.4) is 0 Å². The average Bonchev–Trinajstić information content (AvgIpc) is 3.43. The summed E-state index contributed by atoms with van der Waals surface area (Å²) in [4.78, 5) is 12.4. The van der Waals surface area contributed by atoms with E-state index in [0.29, 0.717) is 11.3 Å². The van der Waals surface area contributed by atoms with Crippen LogP contribution >= 0.6 is 0 Å². The van der Waals surface area contributed by atoms with Gasteiger partial charge in [0.15, 0.2) is 11.6 Å². The molecule has 1 fully saturated rings. The molecule has 2 aromatic rings. The highest BCUT2D eigenvalue weighted by Gasteiger charge is 2.44. The monoisotopic (exact) mass is 342 g/mol. The van der Waals surface area contributed by atoms with Crippen molar-refractivity contribution in [2.45, 2.75) is 38.3 Å². The Labute approximate surface area is 147 Å². The number of rotatable bonds is 6. The van der Waals surface area contributed by atoms with Crippen molar-refractivity contribution in [2.24, 2.45) is 11.7 Å². The van der Waals surface area contributed by atoms with Crippen LogP contribution in [0.2, 0.25) is 0 Å². The number of amides is 1. The number of ether oxygens (including phenoxy) is 1. The van der Waals surface area contributed by atoms with Crippen molar-refractivity contribution in [2.75, 3.05) is 0 Å². The molecule has 1 saturated carbocycles. The molecule has 2 aromatic carbocycles. The second kappa shape index (κ2) is 6.84. The zero-order valence-electron chi connectivity index (χ0n) is 14.5. The Bertz CT molecular complexity index is 758. The van der Waals surface area contributed by atoms with Gasteiger partial charge in [-0.25, -0.2) is 4.39 Å². The minimum atomic E-state index is -0.872. The number of para-hydroxylation sites is 1. The Morgan fingerprint density at radius 3 is 2.56 bits per heavy atom. The number of nitrogens with two attached hydrogens (primary N) is 1. The van der Waals surface area contributed by atoms with Crippen LogP contribution in [-0.2, 0) is 4.79 Å². The molecule has 1 amide bonds. The summed E-state index contributed by atoms with van der Waals surface area (Å²) in [6.07, 6.45) is 1.96. The minimum absolute atomic E-state index is 0.148. The van der Waals surface area contributed by atoms with Gasteiger partial charge in [0.1, 0.15) is 5.75 Å². The molecule has 5 heteroatoms. The van der Waals surface area contributed by atoms with E-state index in [1.54, 1.807) is 31.2 Å². The van der Waals surface area contributed by atoms with Gasteiger partial charge in [0, 0.05) is 0 Å². The molecule has 3 rings (SSSR count). The zero-order chi connectivity index (χ0) is 18.0. The second-order valence-electron chi connectivity index (χ2n) is 6.86. The van der Waals surface area contributed by atoms with Gasteiger partial charge < -0.3 is 15.8 Å². The number of nitrogens with one attached hydrogen (secondary N) is 1. The van der Waals surface area contributed by atoms with Crippen molar-refractivity contribution in [3.63, 3.8) is 0 Å². The third-order valence-corrected chi connectivity index (χ3v) is 4.69. The van der Waals surface area contributed by atoms with Crippen LogP contribution in [0.4, 0.5) is 4.39 Å². The Morgan fingerprint density at radius 1 is 1.28 bits per heavy atom. The van der Waals surface area contributed by atoms with Crippen molar-refractivity contribution in [3.8, 4) is 11.5 Å². The van der Waals surface area contributed by atoms with Crippen molar-refractivity contribution in [1.29, 1.82) is 0 Å². The van der Waals surface area contributed by atoms with Crippen LogP contribution in [0.25, 0.3) is 0 Å². The molecule has 0 aliphatic heterocycles. The van der Waals surface area contributed by atoms with Gasteiger partial charge in [-0.15, -0.1) is 0 Å². The molecule has 2 atom stereocenters. The smallest absolute Gasteiger partial charge is 0.240 e. The Morgan fingerprint density at radius 2 is 1.96 bits per heavy atom. The van der Waals surface area contributed by atoms with E-state index in [0.717, 1.165) is 12.8 Å². The lowest BCUT2D eigenvalue weighted by Gasteiger charge is -2.26. The first-order chi connectivity index (χ1) is 11.9. The van der Waals surface area contributed by atoms with E-state index in [2.05, 4.69) is 5.32 Å². The predicted molar refractivity (Wildman–Crippen MR) is 94.8 cm³/mol. The highest BCUT2D eigenvalue weighted by molar-refractivity contribution is 5.86. The van der Waals surface area contributed by atoms with E-state index >= 15 is 0 Å². The molecule has 25 heavy (non-hydrogen) atoms. The number of benzene rings is 2. The summed E-state index contributed by atoms with van der Waals surface area (Å²) in [5, 5.41) is 2.88. The summed E-state index contributed by atoms with van der Waals surface area (Å²) >= 11 is 0. The van der Waals surface area contributed by atoms with Crippen molar-refractivity contribution in [1.82, 2.24) is 5.32 Å². The number of hydrogen-bond acceptors (Lipinski definition) is 3. The fourth-order valence-electron chi connectivity index (χ4n) is 2.79. The second-order valence-corrected chi connectivity index (χ2v) is 6.86. The van der Waals surface area contributed by atoms with E-state index < -0.39 is 11.4 Å². The molecule has 0 spiro atoms. The lowest BCUT2D eigenvalue weighted by Crippen LogP contribution is -2.53.